The summed E-state index contributed by atoms with van der Waals surface area (Å²) in [6.45, 7) is 2.95. The maximum Gasteiger partial charge on any atom is 0.169 e. The largest absolute Gasteiger partial charge is 0.309 e. The predicted octanol–water partition coefficient (Wildman–Crippen LogP) is 2.91. The maximum atomic E-state index is 12.4. The molecule has 2 rings (SSSR count). The van der Waals surface area contributed by atoms with Crippen LogP contribution in [0.1, 0.15) is 21.7 Å². The van der Waals surface area contributed by atoms with Crippen molar-refractivity contribution in [3.63, 3.8) is 0 Å². The summed E-state index contributed by atoms with van der Waals surface area (Å²) >= 11 is 3.60. The minimum absolute atomic E-state index is 0.178. The number of carbonyl (C=O) groups excluding carboxylic acids is 1. The van der Waals surface area contributed by atoms with Crippen molar-refractivity contribution < 1.29 is 4.79 Å². The number of ketones is 1. The van der Waals surface area contributed by atoms with Gasteiger partial charge in [-0.05, 0) is 39.3 Å². The zero-order valence-electron chi connectivity index (χ0n) is 9.95. The fourth-order valence-corrected chi connectivity index (χ4v) is 4.55. The highest BCUT2D eigenvalue weighted by molar-refractivity contribution is 8.01. The highest BCUT2D eigenvalue weighted by atomic mass is 32.2. The molecule has 2 heterocycles. The quantitative estimate of drug-likeness (QED) is 0.810. The lowest BCUT2D eigenvalue weighted by Crippen LogP contribution is -2.27. The van der Waals surface area contributed by atoms with Crippen molar-refractivity contribution >= 4 is 28.9 Å². The van der Waals surface area contributed by atoms with Gasteiger partial charge in [-0.3, -0.25) is 4.79 Å². The zero-order valence-corrected chi connectivity index (χ0v) is 11.6. The average Bonchev–Trinajstić information content (AvgIpc) is 2.50. The molecular formula is C12H17NOS2. The second-order valence-corrected chi connectivity index (χ2v) is 7.14. The Morgan fingerprint density at radius 1 is 1.50 bits per heavy atom. The first-order valence-electron chi connectivity index (χ1n) is 5.50. The van der Waals surface area contributed by atoms with Crippen LogP contribution in [0, 0.1) is 12.8 Å². The molecule has 1 aromatic heterocycles. The van der Waals surface area contributed by atoms with E-state index in [1.54, 1.807) is 11.3 Å². The van der Waals surface area contributed by atoms with E-state index in [-0.39, 0.29) is 5.92 Å². The number of Topliss-reactive ketones (excluding diaryl/α,β-unsaturated/α-hetero) is 1. The Morgan fingerprint density at radius 2 is 2.25 bits per heavy atom. The minimum Gasteiger partial charge on any atom is -0.309 e. The normalized spacial score (nSPS) is 21.0. The van der Waals surface area contributed by atoms with Gasteiger partial charge in [0.05, 0.1) is 4.21 Å². The molecular weight excluding hydrogens is 238 g/mol. The van der Waals surface area contributed by atoms with Crippen molar-refractivity contribution in [3.8, 4) is 0 Å². The van der Waals surface area contributed by atoms with Crippen LogP contribution >= 0.6 is 23.1 Å². The third-order valence-corrected chi connectivity index (χ3v) is 5.11. The van der Waals surface area contributed by atoms with Gasteiger partial charge in [-0.1, -0.05) is 0 Å². The van der Waals surface area contributed by atoms with E-state index in [2.05, 4.69) is 17.9 Å². The summed E-state index contributed by atoms with van der Waals surface area (Å²) in [6.07, 6.45) is 1.00. The molecule has 2 nitrogen and oxygen atoms in total. The summed E-state index contributed by atoms with van der Waals surface area (Å²) in [5.74, 6) is 1.59. The molecule has 16 heavy (non-hydrogen) atoms. The summed E-state index contributed by atoms with van der Waals surface area (Å²) in [6, 6.07) is 2.06. The number of thioether (sulfide) groups is 1. The second-order valence-electron chi connectivity index (χ2n) is 4.52. The summed E-state index contributed by atoms with van der Waals surface area (Å²) in [7, 11) is 4.07. The molecule has 0 bridgehead atoms. The first-order valence-corrected chi connectivity index (χ1v) is 7.30. The standard InChI is InChI=1S/C12H17NOS2/c1-8-6-10-11(14)9(7-13(2)3)4-5-15-12(10)16-8/h6,9H,4-5,7H2,1-3H3. The summed E-state index contributed by atoms with van der Waals surface area (Å²) < 4.78 is 1.23. The number of rotatable bonds is 2. The Kier molecular flexibility index (Phi) is 3.72. The van der Waals surface area contributed by atoms with E-state index in [1.165, 1.54) is 9.09 Å². The molecule has 0 fully saturated rings. The number of hydrogen-bond acceptors (Lipinski definition) is 4. The first-order chi connectivity index (χ1) is 7.58. The van der Waals surface area contributed by atoms with E-state index in [9.17, 15) is 4.79 Å². The molecule has 0 aromatic carbocycles. The van der Waals surface area contributed by atoms with E-state index in [0.29, 0.717) is 5.78 Å². The number of fused-ring (bicyclic) bond motifs is 1. The van der Waals surface area contributed by atoms with Gasteiger partial charge in [-0.25, -0.2) is 0 Å². The van der Waals surface area contributed by atoms with Gasteiger partial charge in [-0.15, -0.1) is 23.1 Å². The van der Waals surface area contributed by atoms with Crippen LogP contribution in [0.3, 0.4) is 0 Å². The highest BCUT2D eigenvalue weighted by Crippen LogP contribution is 2.37. The zero-order chi connectivity index (χ0) is 11.7. The van der Waals surface area contributed by atoms with E-state index >= 15 is 0 Å². The minimum atomic E-state index is 0.178. The fraction of sp³-hybridized carbons (Fsp3) is 0.583. The second kappa shape index (κ2) is 4.90. The Balaban J connectivity index is 2.25. The maximum absolute atomic E-state index is 12.4. The molecule has 1 unspecified atom stereocenters. The molecule has 0 aliphatic carbocycles. The molecule has 1 aliphatic heterocycles. The predicted molar refractivity (Wildman–Crippen MR) is 70.8 cm³/mol. The van der Waals surface area contributed by atoms with E-state index < -0.39 is 0 Å². The van der Waals surface area contributed by atoms with E-state index in [0.717, 1.165) is 24.3 Å². The number of hydrogen-bond donors (Lipinski definition) is 0. The topological polar surface area (TPSA) is 20.3 Å². The van der Waals surface area contributed by atoms with Gasteiger partial charge in [0.15, 0.2) is 5.78 Å². The monoisotopic (exact) mass is 255 g/mol. The third kappa shape index (κ3) is 2.50. The third-order valence-electron chi connectivity index (χ3n) is 2.74. The summed E-state index contributed by atoms with van der Waals surface area (Å²) in [5.41, 5.74) is 0.969. The molecule has 0 N–H and O–H groups in total. The van der Waals surface area contributed by atoms with Gasteiger partial charge in [0.25, 0.3) is 0 Å². The molecule has 0 saturated heterocycles. The Bertz CT molecular complexity index is 398. The molecule has 1 aliphatic rings. The van der Waals surface area contributed by atoms with Crippen molar-refractivity contribution in [2.75, 3.05) is 26.4 Å². The van der Waals surface area contributed by atoms with Crippen molar-refractivity contribution in [1.29, 1.82) is 0 Å². The Labute approximate surface area is 105 Å². The van der Waals surface area contributed by atoms with Gasteiger partial charge < -0.3 is 4.90 Å². The number of nitrogens with zero attached hydrogens (tertiary/aromatic N) is 1. The van der Waals surface area contributed by atoms with Crippen LogP contribution in [0.5, 0.6) is 0 Å². The first kappa shape index (κ1) is 12.1. The van der Waals surface area contributed by atoms with Crippen molar-refractivity contribution in [3.05, 3.63) is 16.5 Å². The smallest absolute Gasteiger partial charge is 0.169 e. The summed E-state index contributed by atoms with van der Waals surface area (Å²) in [5, 5.41) is 0. The van der Waals surface area contributed by atoms with Crippen molar-refractivity contribution in [2.45, 2.75) is 17.6 Å². The molecule has 0 radical (unpaired) electrons. The van der Waals surface area contributed by atoms with Gasteiger partial charge >= 0.3 is 0 Å². The lowest BCUT2D eigenvalue weighted by atomic mass is 9.96. The Hall–Kier alpha value is -0.320. The van der Waals surface area contributed by atoms with Gasteiger partial charge in [0.1, 0.15) is 0 Å². The Morgan fingerprint density at radius 3 is 2.94 bits per heavy atom. The summed E-state index contributed by atoms with van der Waals surface area (Å²) in [4.78, 5) is 15.7. The van der Waals surface area contributed by atoms with E-state index in [4.69, 9.17) is 0 Å². The van der Waals surface area contributed by atoms with Crippen LogP contribution < -0.4 is 0 Å². The van der Waals surface area contributed by atoms with E-state index in [1.807, 2.05) is 25.9 Å². The van der Waals surface area contributed by atoms with Crippen molar-refractivity contribution in [1.82, 2.24) is 4.90 Å². The molecule has 1 aromatic rings. The van der Waals surface area contributed by atoms with Crippen LogP contribution in [-0.4, -0.2) is 37.1 Å². The van der Waals surface area contributed by atoms with Crippen LogP contribution in [0.25, 0.3) is 0 Å². The van der Waals surface area contributed by atoms with Gasteiger partial charge in [0.2, 0.25) is 0 Å². The fourth-order valence-electron chi connectivity index (χ4n) is 2.03. The van der Waals surface area contributed by atoms with Gasteiger partial charge in [-0.2, -0.15) is 0 Å². The van der Waals surface area contributed by atoms with Gasteiger partial charge in [0, 0.05) is 22.9 Å². The molecule has 0 spiro atoms. The average molecular weight is 255 g/mol. The highest BCUT2D eigenvalue weighted by Gasteiger charge is 2.27. The lowest BCUT2D eigenvalue weighted by molar-refractivity contribution is 0.0894. The molecule has 1 atom stereocenters. The molecule has 0 saturated carbocycles. The number of aryl methyl sites for hydroxylation is 1. The van der Waals surface area contributed by atoms with Crippen molar-refractivity contribution in [2.24, 2.45) is 5.92 Å². The number of thiophene rings is 1. The SMILES string of the molecule is Cc1cc2c(s1)SCCC(CN(C)C)C2=O. The van der Waals surface area contributed by atoms with Crippen LogP contribution in [0.4, 0.5) is 0 Å². The molecule has 4 heteroatoms. The lowest BCUT2D eigenvalue weighted by Gasteiger charge is -2.17. The van der Waals surface area contributed by atoms with Crippen LogP contribution in [0.2, 0.25) is 0 Å². The number of carbonyl (C=O) groups is 1. The molecule has 0 amide bonds. The van der Waals surface area contributed by atoms with Crippen LogP contribution in [0.15, 0.2) is 10.3 Å². The molecule has 88 valence electrons. The van der Waals surface area contributed by atoms with Crippen LogP contribution in [-0.2, 0) is 0 Å².